The smallest absolute Gasteiger partial charge is 0.00425 e. The van der Waals surface area contributed by atoms with Crippen molar-refractivity contribution in [2.75, 3.05) is 6.54 Å². The van der Waals surface area contributed by atoms with E-state index in [0.29, 0.717) is 6.54 Å². The molecule has 0 fully saturated rings. The van der Waals surface area contributed by atoms with Gasteiger partial charge in [-0.15, -0.1) is 0 Å². The number of rotatable bonds is 5. The van der Waals surface area contributed by atoms with Crippen molar-refractivity contribution in [3.63, 3.8) is 0 Å². The molecule has 1 heteroatoms. The van der Waals surface area contributed by atoms with Crippen molar-refractivity contribution >= 4 is 5.57 Å². The number of aryl methyl sites for hydroxylation is 1. The summed E-state index contributed by atoms with van der Waals surface area (Å²) >= 11 is 0. The Kier molecular flexibility index (Phi) is 5.58. The molecule has 0 aliphatic rings. The molecule has 0 amide bonds. The molecule has 2 N–H and O–H groups in total. The summed E-state index contributed by atoms with van der Waals surface area (Å²) in [6.45, 7) is 4.96. The predicted octanol–water partition coefficient (Wildman–Crippen LogP) is 3.56. The Morgan fingerprint density at radius 1 is 1.38 bits per heavy atom. The average molecular weight is 215 g/mol. The Balaban J connectivity index is 2.87. The van der Waals surface area contributed by atoms with Crippen molar-refractivity contribution in [1.29, 1.82) is 0 Å². The molecule has 0 heterocycles. The molecule has 0 atom stereocenters. The lowest BCUT2D eigenvalue weighted by atomic mass is 10.0. The SMILES string of the molecule is C/C=C(\C=C/CCN)c1cccc(CC)c1. The van der Waals surface area contributed by atoms with Gasteiger partial charge in [0.25, 0.3) is 0 Å². The van der Waals surface area contributed by atoms with Crippen LogP contribution in [0.15, 0.2) is 42.5 Å². The third-order valence-electron chi connectivity index (χ3n) is 2.61. The summed E-state index contributed by atoms with van der Waals surface area (Å²) in [4.78, 5) is 0. The van der Waals surface area contributed by atoms with Gasteiger partial charge in [-0.25, -0.2) is 0 Å². The molecule has 1 rings (SSSR count). The van der Waals surface area contributed by atoms with Gasteiger partial charge in [-0.2, -0.15) is 0 Å². The average Bonchev–Trinajstić information content (AvgIpc) is 2.35. The molecule has 0 aliphatic carbocycles. The molecule has 0 unspecified atom stereocenters. The van der Waals surface area contributed by atoms with E-state index in [1.54, 1.807) is 0 Å². The van der Waals surface area contributed by atoms with E-state index >= 15 is 0 Å². The lowest BCUT2D eigenvalue weighted by molar-refractivity contribution is 1.01. The van der Waals surface area contributed by atoms with Crippen LogP contribution in [0.5, 0.6) is 0 Å². The highest BCUT2D eigenvalue weighted by Crippen LogP contribution is 2.17. The van der Waals surface area contributed by atoms with Crippen LogP contribution >= 0.6 is 0 Å². The minimum absolute atomic E-state index is 0.711. The van der Waals surface area contributed by atoms with E-state index in [4.69, 9.17) is 5.73 Å². The summed E-state index contributed by atoms with van der Waals surface area (Å²) in [5.74, 6) is 0. The first-order valence-electron chi connectivity index (χ1n) is 5.94. The van der Waals surface area contributed by atoms with Gasteiger partial charge in [0, 0.05) is 0 Å². The highest BCUT2D eigenvalue weighted by atomic mass is 14.5. The molecule has 1 aromatic carbocycles. The zero-order valence-corrected chi connectivity index (χ0v) is 10.2. The van der Waals surface area contributed by atoms with Crippen LogP contribution in [0.2, 0.25) is 0 Å². The second-order valence-corrected chi connectivity index (χ2v) is 3.78. The second-order valence-electron chi connectivity index (χ2n) is 3.78. The summed E-state index contributed by atoms with van der Waals surface area (Å²) in [5.41, 5.74) is 9.40. The Morgan fingerprint density at radius 2 is 2.19 bits per heavy atom. The summed E-state index contributed by atoms with van der Waals surface area (Å²) in [6, 6.07) is 8.69. The number of benzene rings is 1. The fourth-order valence-corrected chi connectivity index (χ4v) is 1.64. The fraction of sp³-hybridized carbons (Fsp3) is 0.333. The van der Waals surface area contributed by atoms with Gasteiger partial charge in [0.1, 0.15) is 0 Å². The van der Waals surface area contributed by atoms with Crippen LogP contribution in [0.4, 0.5) is 0 Å². The molecule has 16 heavy (non-hydrogen) atoms. The van der Waals surface area contributed by atoms with Crippen LogP contribution in [-0.2, 0) is 6.42 Å². The third-order valence-corrected chi connectivity index (χ3v) is 2.61. The fourth-order valence-electron chi connectivity index (χ4n) is 1.64. The van der Waals surface area contributed by atoms with Crippen molar-refractivity contribution < 1.29 is 0 Å². The highest BCUT2D eigenvalue weighted by molar-refractivity contribution is 5.74. The monoisotopic (exact) mass is 215 g/mol. The van der Waals surface area contributed by atoms with E-state index in [1.165, 1.54) is 16.7 Å². The van der Waals surface area contributed by atoms with Gasteiger partial charge in [0.05, 0.1) is 0 Å². The minimum atomic E-state index is 0.711. The maximum atomic E-state index is 5.47. The molecule has 86 valence electrons. The molecule has 0 aliphatic heterocycles. The zero-order valence-electron chi connectivity index (χ0n) is 10.2. The molecule has 0 saturated carbocycles. The van der Waals surface area contributed by atoms with Crippen molar-refractivity contribution in [1.82, 2.24) is 0 Å². The van der Waals surface area contributed by atoms with E-state index in [1.807, 2.05) is 0 Å². The summed E-state index contributed by atoms with van der Waals surface area (Å²) in [7, 11) is 0. The lowest BCUT2D eigenvalue weighted by Crippen LogP contribution is -1.95. The van der Waals surface area contributed by atoms with Gasteiger partial charge in [-0.05, 0) is 43.0 Å². The summed E-state index contributed by atoms with van der Waals surface area (Å²) in [5, 5.41) is 0. The van der Waals surface area contributed by atoms with Gasteiger partial charge < -0.3 is 5.73 Å². The number of hydrogen-bond acceptors (Lipinski definition) is 1. The second kappa shape index (κ2) is 7.02. The first kappa shape index (κ1) is 12.7. The van der Waals surface area contributed by atoms with Crippen LogP contribution in [0.25, 0.3) is 5.57 Å². The Bertz CT molecular complexity index is 375. The Morgan fingerprint density at radius 3 is 2.81 bits per heavy atom. The van der Waals surface area contributed by atoms with Gasteiger partial charge in [-0.1, -0.05) is 49.4 Å². The van der Waals surface area contributed by atoms with Crippen LogP contribution in [0.1, 0.15) is 31.4 Å². The third kappa shape index (κ3) is 3.67. The minimum Gasteiger partial charge on any atom is -0.330 e. The Hall–Kier alpha value is -1.34. The maximum Gasteiger partial charge on any atom is -0.00425 e. The summed E-state index contributed by atoms with van der Waals surface area (Å²) < 4.78 is 0. The normalized spacial score (nSPS) is 12.3. The van der Waals surface area contributed by atoms with Gasteiger partial charge in [0.2, 0.25) is 0 Å². The highest BCUT2D eigenvalue weighted by Gasteiger charge is 1.97. The van der Waals surface area contributed by atoms with E-state index < -0.39 is 0 Å². The Labute approximate surface area is 98.7 Å². The molecule has 0 aromatic heterocycles. The standard InChI is InChI=1S/C15H21N/c1-3-13-8-7-10-15(12-13)14(4-2)9-5-6-11-16/h4-5,7-10,12H,3,6,11,16H2,1-2H3/b9-5-,14-4+. The first-order valence-corrected chi connectivity index (χ1v) is 5.94. The first-order chi connectivity index (χ1) is 7.81. The molecule has 0 radical (unpaired) electrons. The van der Waals surface area contributed by atoms with Gasteiger partial charge in [-0.3, -0.25) is 0 Å². The van der Waals surface area contributed by atoms with Crippen molar-refractivity contribution in [3.8, 4) is 0 Å². The van der Waals surface area contributed by atoms with Crippen LogP contribution in [-0.4, -0.2) is 6.54 Å². The van der Waals surface area contributed by atoms with Gasteiger partial charge in [0.15, 0.2) is 0 Å². The van der Waals surface area contributed by atoms with Crippen LogP contribution in [0.3, 0.4) is 0 Å². The van der Waals surface area contributed by atoms with E-state index in [9.17, 15) is 0 Å². The maximum absolute atomic E-state index is 5.47. The van der Waals surface area contributed by atoms with E-state index in [0.717, 1.165) is 12.8 Å². The topological polar surface area (TPSA) is 26.0 Å². The molecular formula is C15H21N. The quantitative estimate of drug-likeness (QED) is 0.747. The van der Waals surface area contributed by atoms with E-state index in [2.05, 4.69) is 56.3 Å². The van der Waals surface area contributed by atoms with Gasteiger partial charge >= 0.3 is 0 Å². The molecule has 0 saturated heterocycles. The zero-order chi connectivity index (χ0) is 11.8. The van der Waals surface area contributed by atoms with Crippen molar-refractivity contribution in [3.05, 3.63) is 53.6 Å². The number of allylic oxidation sites excluding steroid dienone is 3. The summed E-state index contributed by atoms with van der Waals surface area (Å²) in [6.07, 6.45) is 8.44. The number of hydrogen-bond donors (Lipinski definition) is 1. The van der Waals surface area contributed by atoms with Crippen LogP contribution in [0, 0.1) is 0 Å². The van der Waals surface area contributed by atoms with Crippen LogP contribution < -0.4 is 5.73 Å². The molecule has 1 aromatic rings. The number of nitrogens with two attached hydrogens (primary N) is 1. The van der Waals surface area contributed by atoms with E-state index in [-0.39, 0.29) is 0 Å². The van der Waals surface area contributed by atoms with Crippen molar-refractivity contribution in [2.24, 2.45) is 5.73 Å². The molecule has 0 spiro atoms. The molecular weight excluding hydrogens is 194 g/mol. The predicted molar refractivity (Wildman–Crippen MR) is 72.3 cm³/mol. The lowest BCUT2D eigenvalue weighted by Gasteiger charge is -2.04. The van der Waals surface area contributed by atoms with Crippen molar-refractivity contribution in [2.45, 2.75) is 26.7 Å². The molecule has 0 bridgehead atoms. The molecule has 1 nitrogen and oxygen atoms in total. The largest absolute Gasteiger partial charge is 0.330 e.